The van der Waals surface area contributed by atoms with Crippen molar-refractivity contribution in [3.63, 3.8) is 0 Å². The SMILES string of the molecule is CC(CC#N)NCc1csc([N+](=O)[O-])c1. The molecule has 0 aliphatic rings. The van der Waals surface area contributed by atoms with Crippen molar-refractivity contribution in [2.24, 2.45) is 0 Å². The van der Waals surface area contributed by atoms with E-state index in [0.717, 1.165) is 16.9 Å². The van der Waals surface area contributed by atoms with E-state index >= 15 is 0 Å². The van der Waals surface area contributed by atoms with Gasteiger partial charge in [0, 0.05) is 24.0 Å². The highest BCUT2D eigenvalue weighted by atomic mass is 32.1. The summed E-state index contributed by atoms with van der Waals surface area (Å²) in [6, 6.07) is 3.72. The number of thiophene rings is 1. The molecule has 0 radical (unpaired) electrons. The van der Waals surface area contributed by atoms with Gasteiger partial charge in [0.05, 0.1) is 17.4 Å². The Balaban J connectivity index is 2.45. The van der Waals surface area contributed by atoms with E-state index in [1.165, 1.54) is 0 Å². The van der Waals surface area contributed by atoms with Gasteiger partial charge in [0.25, 0.3) is 0 Å². The molecule has 1 heterocycles. The summed E-state index contributed by atoms with van der Waals surface area (Å²) in [5.41, 5.74) is 0.886. The van der Waals surface area contributed by atoms with Crippen LogP contribution < -0.4 is 5.32 Å². The third-order valence-electron chi connectivity index (χ3n) is 1.87. The zero-order valence-corrected chi connectivity index (χ0v) is 9.08. The number of hydrogen-bond acceptors (Lipinski definition) is 5. The topological polar surface area (TPSA) is 79.0 Å². The number of rotatable bonds is 5. The van der Waals surface area contributed by atoms with E-state index in [4.69, 9.17) is 5.26 Å². The lowest BCUT2D eigenvalue weighted by atomic mass is 10.2. The first-order valence-electron chi connectivity index (χ1n) is 4.45. The lowest BCUT2D eigenvalue weighted by molar-refractivity contribution is -0.380. The van der Waals surface area contributed by atoms with E-state index in [0.29, 0.717) is 13.0 Å². The second-order valence-electron chi connectivity index (χ2n) is 3.19. The van der Waals surface area contributed by atoms with Crippen molar-refractivity contribution in [1.29, 1.82) is 5.26 Å². The molecule has 1 N–H and O–H groups in total. The highest BCUT2D eigenvalue weighted by molar-refractivity contribution is 7.13. The van der Waals surface area contributed by atoms with Crippen LogP contribution in [0.15, 0.2) is 11.4 Å². The molecule has 5 nitrogen and oxygen atoms in total. The summed E-state index contributed by atoms with van der Waals surface area (Å²) in [6.45, 7) is 2.47. The van der Waals surface area contributed by atoms with Crippen LogP contribution in [0, 0.1) is 21.4 Å². The Morgan fingerprint density at radius 1 is 1.80 bits per heavy atom. The molecule has 0 saturated carbocycles. The summed E-state index contributed by atoms with van der Waals surface area (Å²) >= 11 is 1.12. The minimum atomic E-state index is -0.396. The third kappa shape index (κ3) is 3.65. The van der Waals surface area contributed by atoms with Gasteiger partial charge in [0.1, 0.15) is 0 Å². The Morgan fingerprint density at radius 3 is 3.07 bits per heavy atom. The van der Waals surface area contributed by atoms with Crippen molar-refractivity contribution in [1.82, 2.24) is 5.32 Å². The lowest BCUT2D eigenvalue weighted by Crippen LogP contribution is -2.24. The zero-order valence-electron chi connectivity index (χ0n) is 8.27. The van der Waals surface area contributed by atoms with Crippen molar-refractivity contribution in [3.8, 4) is 6.07 Å². The van der Waals surface area contributed by atoms with Crippen LogP contribution >= 0.6 is 11.3 Å². The molecule has 0 bridgehead atoms. The Hall–Kier alpha value is -1.45. The average Bonchev–Trinajstić information content (AvgIpc) is 2.63. The van der Waals surface area contributed by atoms with Gasteiger partial charge in [-0.15, -0.1) is 0 Å². The summed E-state index contributed by atoms with van der Waals surface area (Å²) in [5.74, 6) is 0. The summed E-state index contributed by atoms with van der Waals surface area (Å²) in [4.78, 5) is 10.0. The fourth-order valence-electron chi connectivity index (χ4n) is 1.05. The van der Waals surface area contributed by atoms with E-state index in [1.807, 2.05) is 6.92 Å². The van der Waals surface area contributed by atoms with Crippen LogP contribution in [0.4, 0.5) is 5.00 Å². The van der Waals surface area contributed by atoms with Crippen molar-refractivity contribution in [2.75, 3.05) is 0 Å². The molecular formula is C9H11N3O2S. The van der Waals surface area contributed by atoms with Crippen LogP contribution in [-0.4, -0.2) is 11.0 Å². The minimum absolute atomic E-state index is 0.106. The van der Waals surface area contributed by atoms with Gasteiger partial charge in [-0.05, 0) is 12.5 Å². The molecule has 1 rings (SSSR count). The summed E-state index contributed by atoms with van der Waals surface area (Å²) in [7, 11) is 0. The molecule has 80 valence electrons. The summed E-state index contributed by atoms with van der Waals surface area (Å²) in [5, 5.41) is 23.9. The molecule has 15 heavy (non-hydrogen) atoms. The Morgan fingerprint density at radius 2 is 2.53 bits per heavy atom. The standard InChI is InChI=1S/C9H11N3O2S/c1-7(2-3-10)11-5-8-4-9(12(13)14)15-6-8/h4,6-7,11H,2,5H2,1H3. The molecular weight excluding hydrogens is 214 g/mol. The first-order chi connectivity index (χ1) is 7.13. The highest BCUT2D eigenvalue weighted by Crippen LogP contribution is 2.22. The molecule has 1 aromatic heterocycles. The summed E-state index contributed by atoms with van der Waals surface area (Å²) in [6.07, 6.45) is 0.437. The van der Waals surface area contributed by atoms with Gasteiger partial charge >= 0.3 is 5.00 Å². The number of hydrogen-bond donors (Lipinski definition) is 1. The number of nitriles is 1. The Labute approximate surface area is 91.5 Å². The monoisotopic (exact) mass is 225 g/mol. The molecule has 0 fully saturated rings. The van der Waals surface area contributed by atoms with E-state index < -0.39 is 4.92 Å². The van der Waals surface area contributed by atoms with E-state index in [-0.39, 0.29) is 11.0 Å². The van der Waals surface area contributed by atoms with Crippen molar-refractivity contribution >= 4 is 16.3 Å². The van der Waals surface area contributed by atoms with Crippen LogP contribution in [-0.2, 0) is 6.54 Å². The predicted molar refractivity (Wildman–Crippen MR) is 57.5 cm³/mol. The zero-order chi connectivity index (χ0) is 11.3. The normalized spacial score (nSPS) is 12.0. The molecule has 0 saturated heterocycles. The number of nitro groups is 1. The van der Waals surface area contributed by atoms with Gasteiger partial charge in [-0.3, -0.25) is 10.1 Å². The lowest BCUT2D eigenvalue weighted by Gasteiger charge is -2.07. The van der Waals surface area contributed by atoms with Crippen LogP contribution in [0.5, 0.6) is 0 Å². The first kappa shape index (κ1) is 11.6. The fourth-order valence-corrected chi connectivity index (χ4v) is 1.78. The molecule has 1 atom stereocenters. The van der Waals surface area contributed by atoms with Crippen molar-refractivity contribution in [3.05, 3.63) is 27.1 Å². The maximum Gasteiger partial charge on any atom is 0.324 e. The van der Waals surface area contributed by atoms with E-state index in [9.17, 15) is 10.1 Å². The number of nitrogens with one attached hydrogen (secondary N) is 1. The van der Waals surface area contributed by atoms with Gasteiger partial charge < -0.3 is 5.32 Å². The molecule has 1 aromatic rings. The fraction of sp³-hybridized carbons (Fsp3) is 0.444. The predicted octanol–water partition coefficient (Wildman–Crippen LogP) is 2.05. The quantitative estimate of drug-likeness (QED) is 0.614. The highest BCUT2D eigenvalue weighted by Gasteiger charge is 2.09. The van der Waals surface area contributed by atoms with E-state index in [1.54, 1.807) is 11.4 Å². The second kappa shape index (κ2) is 5.44. The molecule has 1 unspecified atom stereocenters. The van der Waals surface area contributed by atoms with Crippen LogP contribution in [0.25, 0.3) is 0 Å². The molecule has 6 heteroatoms. The smallest absolute Gasteiger partial charge is 0.309 e. The van der Waals surface area contributed by atoms with Gasteiger partial charge in [0.2, 0.25) is 0 Å². The molecule has 0 aromatic carbocycles. The van der Waals surface area contributed by atoms with E-state index in [2.05, 4.69) is 11.4 Å². The van der Waals surface area contributed by atoms with Crippen molar-refractivity contribution in [2.45, 2.75) is 25.9 Å². The van der Waals surface area contributed by atoms with Crippen LogP contribution in [0.1, 0.15) is 18.9 Å². The first-order valence-corrected chi connectivity index (χ1v) is 5.33. The maximum absolute atomic E-state index is 10.4. The van der Waals surface area contributed by atoms with Gasteiger partial charge in [0.15, 0.2) is 0 Å². The molecule has 0 spiro atoms. The number of nitrogens with zero attached hydrogens (tertiary/aromatic N) is 2. The molecule has 0 aliphatic carbocycles. The van der Waals surface area contributed by atoms with Gasteiger partial charge in [-0.1, -0.05) is 11.3 Å². The maximum atomic E-state index is 10.4. The Kier molecular flexibility index (Phi) is 4.21. The summed E-state index contributed by atoms with van der Waals surface area (Å²) < 4.78 is 0. The second-order valence-corrected chi connectivity index (χ2v) is 4.08. The minimum Gasteiger partial charge on any atom is -0.309 e. The van der Waals surface area contributed by atoms with Gasteiger partial charge in [-0.25, -0.2) is 0 Å². The molecule has 0 amide bonds. The third-order valence-corrected chi connectivity index (χ3v) is 2.80. The van der Waals surface area contributed by atoms with Crippen LogP contribution in [0.2, 0.25) is 0 Å². The van der Waals surface area contributed by atoms with Crippen LogP contribution in [0.3, 0.4) is 0 Å². The van der Waals surface area contributed by atoms with Crippen molar-refractivity contribution < 1.29 is 4.92 Å². The Bertz CT molecular complexity index is 383. The molecule has 0 aliphatic heterocycles. The largest absolute Gasteiger partial charge is 0.324 e. The van der Waals surface area contributed by atoms with Gasteiger partial charge in [-0.2, -0.15) is 5.26 Å². The average molecular weight is 225 g/mol.